The molecule has 33 heavy (non-hydrogen) atoms. The van der Waals surface area contributed by atoms with E-state index in [9.17, 15) is 13.2 Å². The fourth-order valence-electron chi connectivity index (χ4n) is 4.53. The largest absolute Gasteiger partial charge is 0.418 e. The predicted octanol–water partition coefficient (Wildman–Crippen LogP) is 6.05. The third-order valence-electron chi connectivity index (χ3n) is 6.11. The van der Waals surface area contributed by atoms with Gasteiger partial charge in [0.25, 0.3) is 0 Å². The number of fused-ring (bicyclic) bond motifs is 2. The van der Waals surface area contributed by atoms with Gasteiger partial charge in [0.15, 0.2) is 5.82 Å². The molecule has 8 heteroatoms. The quantitative estimate of drug-likeness (QED) is 0.385. The molecule has 4 aromatic rings. The van der Waals surface area contributed by atoms with Crippen LogP contribution in [-0.4, -0.2) is 27.0 Å². The highest BCUT2D eigenvalue weighted by atomic mass is 19.4. The smallest absolute Gasteiger partial charge is 0.302 e. The lowest BCUT2D eigenvalue weighted by molar-refractivity contribution is -0.137. The van der Waals surface area contributed by atoms with E-state index in [0.717, 1.165) is 30.7 Å². The molecule has 0 amide bonds. The lowest BCUT2D eigenvalue weighted by Gasteiger charge is -2.33. The molecule has 168 valence electrons. The molecule has 2 aromatic heterocycles. The van der Waals surface area contributed by atoms with Crippen molar-refractivity contribution in [1.82, 2.24) is 20.0 Å². The number of halogens is 3. The lowest BCUT2D eigenvalue weighted by Crippen LogP contribution is -2.33. The Kier molecular flexibility index (Phi) is 5.46. The third kappa shape index (κ3) is 4.14. The van der Waals surface area contributed by atoms with Gasteiger partial charge in [0.1, 0.15) is 6.33 Å². The van der Waals surface area contributed by atoms with Gasteiger partial charge in [-0.15, -0.1) is 0 Å². The minimum Gasteiger partial charge on any atom is -0.302 e. The van der Waals surface area contributed by atoms with E-state index in [2.05, 4.69) is 44.6 Å². The second-order valence-corrected chi connectivity index (χ2v) is 8.18. The van der Waals surface area contributed by atoms with E-state index in [1.807, 2.05) is 12.1 Å². The van der Waals surface area contributed by atoms with E-state index in [4.69, 9.17) is 0 Å². The normalized spacial score (nSPS) is 16.1. The Morgan fingerprint density at radius 3 is 2.70 bits per heavy atom. The highest BCUT2D eigenvalue weighted by Crippen LogP contribution is 2.37. The van der Waals surface area contributed by atoms with Crippen LogP contribution < -0.4 is 5.43 Å². The summed E-state index contributed by atoms with van der Waals surface area (Å²) in [6.07, 6.45) is 1.49. The standard InChI is InChI=1S/C25H22F3N5/c1-33(22-10-4-7-16-6-2-3-8-18(16)22)32-24-19-12-11-17(14-21(19)30-15-31-24)23-20(25(26,27)28)9-5-13-29-23/h2-3,5-6,8-9,11-15,22H,4,7,10H2,1H3,(H,30,31,32). The van der Waals surface area contributed by atoms with E-state index in [1.54, 1.807) is 18.2 Å². The van der Waals surface area contributed by atoms with Crippen LogP contribution in [0.4, 0.5) is 19.0 Å². The second kappa shape index (κ2) is 8.44. The zero-order valence-electron chi connectivity index (χ0n) is 18.0. The Balaban J connectivity index is 1.47. The van der Waals surface area contributed by atoms with Crippen LogP contribution in [0.15, 0.2) is 67.1 Å². The molecule has 1 atom stereocenters. The maximum atomic E-state index is 13.5. The van der Waals surface area contributed by atoms with Crippen molar-refractivity contribution in [3.05, 3.63) is 83.8 Å². The zero-order chi connectivity index (χ0) is 23.0. The molecule has 0 bridgehead atoms. The number of rotatable bonds is 4. The number of aromatic nitrogens is 3. The number of aryl methyl sites for hydroxylation is 1. The molecule has 1 aliphatic rings. The third-order valence-corrected chi connectivity index (χ3v) is 6.11. The number of nitrogens with zero attached hydrogens (tertiary/aromatic N) is 4. The van der Waals surface area contributed by atoms with Gasteiger partial charge in [0.2, 0.25) is 0 Å². The number of hydrogen-bond acceptors (Lipinski definition) is 5. The summed E-state index contributed by atoms with van der Waals surface area (Å²) in [4.78, 5) is 12.7. The van der Waals surface area contributed by atoms with Crippen molar-refractivity contribution in [2.24, 2.45) is 0 Å². The maximum absolute atomic E-state index is 13.5. The summed E-state index contributed by atoms with van der Waals surface area (Å²) in [6, 6.07) is 16.0. The van der Waals surface area contributed by atoms with Gasteiger partial charge in [0.05, 0.1) is 22.8 Å². The van der Waals surface area contributed by atoms with Crippen molar-refractivity contribution in [2.75, 3.05) is 12.5 Å². The topological polar surface area (TPSA) is 53.9 Å². The fraction of sp³-hybridized carbons (Fsp3) is 0.240. The molecule has 1 unspecified atom stereocenters. The van der Waals surface area contributed by atoms with E-state index in [1.165, 1.54) is 29.7 Å². The first kappa shape index (κ1) is 21.3. The highest BCUT2D eigenvalue weighted by Gasteiger charge is 2.34. The Labute approximate surface area is 189 Å². The number of anilines is 1. The second-order valence-electron chi connectivity index (χ2n) is 8.18. The molecule has 0 fully saturated rings. The van der Waals surface area contributed by atoms with Gasteiger partial charge >= 0.3 is 6.18 Å². The number of hydrazine groups is 1. The molecule has 1 aliphatic carbocycles. The van der Waals surface area contributed by atoms with Gasteiger partial charge in [0, 0.05) is 24.2 Å². The van der Waals surface area contributed by atoms with Crippen LogP contribution in [-0.2, 0) is 12.6 Å². The summed E-state index contributed by atoms with van der Waals surface area (Å²) in [5.41, 5.74) is 6.05. The lowest BCUT2D eigenvalue weighted by atomic mass is 9.87. The SMILES string of the molecule is CN(Nc1ncnc2cc(-c3ncccc3C(F)(F)F)ccc12)C1CCCc2ccccc21. The van der Waals surface area contributed by atoms with Crippen LogP contribution in [0, 0.1) is 0 Å². The molecule has 2 aromatic carbocycles. The van der Waals surface area contributed by atoms with E-state index >= 15 is 0 Å². The summed E-state index contributed by atoms with van der Waals surface area (Å²) in [5.74, 6) is 0.606. The summed E-state index contributed by atoms with van der Waals surface area (Å²) >= 11 is 0. The van der Waals surface area contributed by atoms with Gasteiger partial charge in [-0.2, -0.15) is 13.2 Å². The Morgan fingerprint density at radius 1 is 1.00 bits per heavy atom. The van der Waals surface area contributed by atoms with Gasteiger partial charge in [-0.05, 0) is 54.7 Å². The molecule has 0 radical (unpaired) electrons. The molecular formula is C25H22F3N5. The number of alkyl halides is 3. The first-order chi connectivity index (χ1) is 15.9. The minimum absolute atomic E-state index is 0.115. The number of pyridine rings is 1. The molecule has 0 aliphatic heterocycles. The summed E-state index contributed by atoms with van der Waals surface area (Å²) in [5, 5.41) is 2.77. The average Bonchev–Trinajstić information content (AvgIpc) is 2.83. The molecule has 0 saturated carbocycles. The Hall–Kier alpha value is -3.52. The molecule has 1 N–H and O–H groups in total. The van der Waals surface area contributed by atoms with Gasteiger partial charge in [-0.25, -0.2) is 15.0 Å². The molecule has 0 saturated heterocycles. The minimum atomic E-state index is -4.49. The fourth-order valence-corrected chi connectivity index (χ4v) is 4.53. The van der Waals surface area contributed by atoms with Gasteiger partial charge in [-0.1, -0.05) is 30.3 Å². The maximum Gasteiger partial charge on any atom is 0.418 e. The highest BCUT2D eigenvalue weighted by molar-refractivity contribution is 5.91. The van der Waals surface area contributed by atoms with Crippen LogP contribution in [0.1, 0.15) is 35.6 Å². The van der Waals surface area contributed by atoms with E-state index in [0.29, 0.717) is 16.9 Å². The number of nitrogens with one attached hydrogen (secondary N) is 1. The van der Waals surface area contributed by atoms with Gasteiger partial charge < -0.3 is 5.43 Å². The van der Waals surface area contributed by atoms with E-state index < -0.39 is 11.7 Å². The molecule has 5 nitrogen and oxygen atoms in total. The average molecular weight is 449 g/mol. The first-order valence-corrected chi connectivity index (χ1v) is 10.8. The van der Waals surface area contributed by atoms with Crippen molar-refractivity contribution in [1.29, 1.82) is 0 Å². The van der Waals surface area contributed by atoms with Crippen LogP contribution in [0.2, 0.25) is 0 Å². The number of hydrogen-bond donors (Lipinski definition) is 1. The van der Waals surface area contributed by atoms with Crippen molar-refractivity contribution >= 4 is 16.7 Å². The zero-order valence-corrected chi connectivity index (χ0v) is 18.0. The van der Waals surface area contributed by atoms with Crippen molar-refractivity contribution in [2.45, 2.75) is 31.5 Å². The summed E-state index contributed by atoms with van der Waals surface area (Å²) in [6.45, 7) is 0. The van der Waals surface area contributed by atoms with Crippen molar-refractivity contribution < 1.29 is 13.2 Å². The number of benzene rings is 2. The van der Waals surface area contributed by atoms with E-state index in [-0.39, 0.29) is 11.7 Å². The Bertz CT molecular complexity index is 1300. The first-order valence-electron chi connectivity index (χ1n) is 10.8. The van der Waals surface area contributed by atoms with Crippen LogP contribution in [0.25, 0.3) is 22.2 Å². The Morgan fingerprint density at radius 2 is 1.85 bits per heavy atom. The monoisotopic (exact) mass is 449 g/mol. The van der Waals surface area contributed by atoms with Crippen LogP contribution in [0.5, 0.6) is 0 Å². The van der Waals surface area contributed by atoms with Crippen molar-refractivity contribution in [3.63, 3.8) is 0 Å². The molecule has 0 spiro atoms. The van der Waals surface area contributed by atoms with Crippen LogP contribution >= 0.6 is 0 Å². The van der Waals surface area contributed by atoms with Crippen molar-refractivity contribution in [3.8, 4) is 11.3 Å². The summed E-state index contributed by atoms with van der Waals surface area (Å²) in [7, 11) is 1.98. The molecule has 5 rings (SSSR count). The molecule has 2 heterocycles. The molecular weight excluding hydrogens is 427 g/mol. The van der Waals surface area contributed by atoms with Crippen LogP contribution in [0.3, 0.4) is 0 Å². The van der Waals surface area contributed by atoms with Gasteiger partial charge in [-0.3, -0.25) is 4.98 Å². The predicted molar refractivity (Wildman–Crippen MR) is 121 cm³/mol. The summed E-state index contributed by atoms with van der Waals surface area (Å²) < 4.78 is 40.4.